The van der Waals surface area contributed by atoms with Crippen molar-refractivity contribution in [2.24, 2.45) is 0 Å². The van der Waals surface area contributed by atoms with Crippen LogP contribution in [0.25, 0.3) is 0 Å². The summed E-state index contributed by atoms with van der Waals surface area (Å²) in [5, 5.41) is 7.18. The predicted octanol–water partition coefficient (Wildman–Crippen LogP) is 2.73. The Morgan fingerprint density at radius 2 is 2.06 bits per heavy atom. The molecule has 1 aromatic rings. The second-order valence-corrected chi connectivity index (χ2v) is 5.04. The standard InChI is InChI=1S/C14H20N2/c1-2-7-14-13(6-1)11(8-9-15-14)10-16-12-4-3-5-12/h1-2,6-7,11-12,15-16H,3-5,8-10H2. The van der Waals surface area contributed by atoms with E-state index in [2.05, 4.69) is 34.9 Å². The summed E-state index contributed by atoms with van der Waals surface area (Å²) in [4.78, 5) is 0. The molecule has 1 aliphatic carbocycles. The first-order chi connectivity index (χ1) is 7.93. The monoisotopic (exact) mass is 216 g/mol. The van der Waals surface area contributed by atoms with E-state index in [1.165, 1.54) is 36.9 Å². The van der Waals surface area contributed by atoms with Gasteiger partial charge < -0.3 is 10.6 Å². The molecule has 0 bridgehead atoms. The van der Waals surface area contributed by atoms with Gasteiger partial charge in [-0.15, -0.1) is 0 Å². The summed E-state index contributed by atoms with van der Waals surface area (Å²) in [5.41, 5.74) is 2.84. The number of benzene rings is 1. The molecule has 86 valence electrons. The van der Waals surface area contributed by atoms with Crippen LogP contribution in [-0.2, 0) is 0 Å². The number of para-hydroxylation sites is 1. The highest BCUT2D eigenvalue weighted by Gasteiger charge is 2.22. The molecule has 1 heterocycles. The Morgan fingerprint density at radius 1 is 1.19 bits per heavy atom. The van der Waals surface area contributed by atoms with Crippen molar-refractivity contribution in [2.75, 3.05) is 18.4 Å². The van der Waals surface area contributed by atoms with Crippen molar-refractivity contribution in [3.8, 4) is 0 Å². The number of fused-ring (bicyclic) bond motifs is 1. The predicted molar refractivity (Wildman–Crippen MR) is 67.9 cm³/mol. The highest BCUT2D eigenvalue weighted by Crippen LogP contribution is 2.31. The third-order valence-electron chi connectivity index (χ3n) is 3.97. The summed E-state index contributed by atoms with van der Waals surface area (Å²) in [6.07, 6.45) is 5.44. The average Bonchev–Trinajstić information content (AvgIpc) is 2.27. The largest absolute Gasteiger partial charge is 0.385 e. The molecule has 1 atom stereocenters. The van der Waals surface area contributed by atoms with Gasteiger partial charge in [-0.2, -0.15) is 0 Å². The van der Waals surface area contributed by atoms with Crippen molar-refractivity contribution in [1.82, 2.24) is 5.32 Å². The van der Waals surface area contributed by atoms with Gasteiger partial charge in [-0.25, -0.2) is 0 Å². The first kappa shape index (κ1) is 10.2. The van der Waals surface area contributed by atoms with Crippen molar-refractivity contribution in [3.63, 3.8) is 0 Å². The van der Waals surface area contributed by atoms with Crippen LogP contribution in [0.4, 0.5) is 5.69 Å². The zero-order valence-electron chi connectivity index (χ0n) is 9.71. The maximum absolute atomic E-state index is 3.70. The SMILES string of the molecule is c1ccc2c(c1)NCCC2CNC1CCC1. The van der Waals surface area contributed by atoms with Gasteiger partial charge in [0, 0.05) is 30.7 Å². The fraction of sp³-hybridized carbons (Fsp3) is 0.571. The molecule has 16 heavy (non-hydrogen) atoms. The molecular weight excluding hydrogens is 196 g/mol. The van der Waals surface area contributed by atoms with E-state index in [4.69, 9.17) is 0 Å². The minimum absolute atomic E-state index is 0.707. The minimum atomic E-state index is 0.707. The molecule has 1 saturated carbocycles. The molecule has 0 aromatic heterocycles. The van der Waals surface area contributed by atoms with E-state index in [9.17, 15) is 0 Å². The molecule has 2 aliphatic rings. The minimum Gasteiger partial charge on any atom is -0.385 e. The molecule has 0 spiro atoms. The molecule has 1 fully saturated rings. The topological polar surface area (TPSA) is 24.1 Å². The normalized spacial score (nSPS) is 24.4. The van der Waals surface area contributed by atoms with E-state index in [0.29, 0.717) is 5.92 Å². The second kappa shape index (κ2) is 4.46. The zero-order chi connectivity index (χ0) is 10.8. The fourth-order valence-electron chi connectivity index (χ4n) is 2.68. The van der Waals surface area contributed by atoms with Crippen molar-refractivity contribution in [1.29, 1.82) is 0 Å². The summed E-state index contributed by atoms with van der Waals surface area (Å²) < 4.78 is 0. The average molecular weight is 216 g/mol. The van der Waals surface area contributed by atoms with Gasteiger partial charge in [-0.05, 0) is 30.9 Å². The third kappa shape index (κ3) is 1.94. The van der Waals surface area contributed by atoms with Crippen molar-refractivity contribution in [3.05, 3.63) is 29.8 Å². The smallest absolute Gasteiger partial charge is 0.0376 e. The molecular formula is C14H20N2. The first-order valence-electron chi connectivity index (χ1n) is 6.49. The summed E-state index contributed by atoms with van der Waals surface area (Å²) in [6.45, 7) is 2.28. The maximum atomic E-state index is 3.70. The summed E-state index contributed by atoms with van der Waals surface area (Å²) in [5.74, 6) is 0.707. The van der Waals surface area contributed by atoms with Crippen molar-refractivity contribution < 1.29 is 0 Å². The van der Waals surface area contributed by atoms with Gasteiger partial charge >= 0.3 is 0 Å². The molecule has 1 aliphatic heterocycles. The molecule has 3 rings (SSSR count). The number of anilines is 1. The van der Waals surface area contributed by atoms with Gasteiger partial charge in [0.1, 0.15) is 0 Å². The van der Waals surface area contributed by atoms with E-state index in [1.54, 1.807) is 0 Å². The summed E-state index contributed by atoms with van der Waals surface area (Å²) in [6, 6.07) is 9.55. The fourth-order valence-corrected chi connectivity index (χ4v) is 2.68. The molecule has 1 unspecified atom stereocenters. The van der Waals surface area contributed by atoms with Gasteiger partial charge in [0.2, 0.25) is 0 Å². The lowest BCUT2D eigenvalue weighted by Gasteiger charge is -2.31. The third-order valence-corrected chi connectivity index (χ3v) is 3.97. The van der Waals surface area contributed by atoms with Crippen LogP contribution >= 0.6 is 0 Å². The van der Waals surface area contributed by atoms with Crippen LogP contribution in [0.15, 0.2) is 24.3 Å². The molecule has 0 saturated heterocycles. The lowest BCUT2D eigenvalue weighted by atomic mass is 9.88. The Labute approximate surface area is 97.4 Å². The van der Waals surface area contributed by atoms with Gasteiger partial charge in [-0.3, -0.25) is 0 Å². The van der Waals surface area contributed by atoms with Gasteiger partial charge in [0.15, 0.2) is 0 Å². The Balaban J connectivity index is 1.66. The number of hydrogen-bond acceptors (Lipinski definition) is 2. The Hall–Kier alpha value is -1.02. The lowest BCUT2D eigenvalue weighted by molar-refractivity contribution is 0.329. The molecule has 2 N–H and O–H groups in total. The van der Waals surface area contributed by atoms with E-state index < -0.39 is 0 Å². The van der Waals surface area contributed by atoms with E-state index >= 15 is 0 Å². The van der Waals surface area contributed by atoms with Gasteiger partial charge in [0.25, 0.3) is 0 Å². The van der Waals surface area contributed by atoms with Crippen LogP contribution in [0.5, 0.6) is 0 Å². The molecule has 0 amide bonds. The number of rotatable bonds is 3. The summed E-state index contributed by atoms with van der Waals surface area (Å²) >= 11 is 0. The Morgan fingerprint density at radius 3 is 2.88 bits per heavy atom. The second-order valence-electron chi connectivity index (χ2n) is 5.04. The number of hydrogen-bond donors (Lipinski definition) is 2. The number of nitrogens with one attached hydrogen (secondary N) is 2. The van der Waals surface area contributed by atoms with Crippen LogP contribution in [0.2, 0.25) is 0 Å². The quantitative estimate of drug-likeness (QED) is 0.812. The molecule has 2 heteroatoms. The van der Waals surface area contributed by atoms with Crippen molar-refractivity contribution >= 4 is 5.69 Å². The van der Waals surface area contributed by atoms with Crippen LogP contribution in [0, 0.1) is 0 Å². The van der Waals surface area contributed by atoms with Crippen LogP contribution in [0.1, 0.15) is 37.2 Å². The van der Waals surface area contributed by atoms with E-state index in [-0.39, 0.29) is 0 Å². The zero-order valence-corrected chi connectivity index (χ0v) is 9.71. The maximum Gasteiger partial charge on any atom is 0.0376 e. The summed E-state index contributed by atoms with van der Waals surface area (Å²) in [7, 11) is 0. The van der Waals surface area contributed by atoms with Crippen LogP contribution < -0.4 is 10.6 Å². The Kier molecular flexibility index (Phi) is 2.83. The van der Waals surface area contributed by atoms with Gasteiger partial charge in [0.05, 0.1) is 0 Å². The van der Waals surface area contributed by atoms with E-state index in [1.807, 2.05) is 0 Å². The Bertz CT molecular complexity index is 358. The van der Waals surface area contributed by atoms with Crippen LogP contribution in [-0.4, -0.2) is 19.1 Å². The molecule has 0 radical (unpaired) electrons. The van der Waals surface area contributed by atoms with Crippen molar-refractivity contribution in [2.45, 2.75) is 37.6 Å². The highest BCUT2D eigenvalue weighted by molar-refractivity contribution is 5.54. The van der Waals surface area contributed by atoms with Crippen LogP contribution in [0.3, 0.4) is 0 Å². The molecule has 2 nitrogen and oxygen atoms in total. The van der Waals surface area contributed by atoms with Gasteiger partial charge in [-0.1, -0.05) is 24.6 Å². The lowest BCUT2D eigenvalue weighted by Crippen LogP contribution is -2.38. The van der Waals surface area contributed by atoms with E-state index in [0.717, 1.165) is 19.1 Å². The highest BCUT2D eigenvalue weighted by atomic mass is 14.9. The molecule has 1 aromatic carbocycles. The first-order valence-corrected chi connectivity index (χ1v) is 6.49.